The summed E-state index contributed by atoms with van der Waals surface area (Å²) in [4.78, 5) is 34.0. The van der Waals surface area contributed by atoms with Crippen molar-refractivity contribution < 1.29 is 9.59 Å². The number of aromatic nitrogens is 4. The maximum atomic E-state index is 12.7. The third kappa shape index (κ3) is 3.37. The molecule has 29 heavy (non-hydrogen) atoms. The van der Waals surface area contributed by atoms with Crippen LogP contribution in [0, 0.1) is 0 Å². The van der Waals surface area contributed by atoms with E-state index in [4.69, 9.17) is 0 Å². The molecular formula is C21H20N6O2. The van der Waals surface area contributed by atoms with Gasteiger partial charge in [0, 0.05) is 23.6 Å². The monoisotopic (exact) mass is 388 g/mol. The first-order valence-corrected chi connectivity index (χ1v) is 9.65. The van der Waals surface area contributed by atoms with Crippen LogP contribution in [0.3, 0.4) is 0 Å². The summed E-state index contributed by atoms with van der Waals surface area (Å²) >= 11 is 0. The number of nitrogens with one attached hydrogen (secondary N) is 3. The number of nitrogens with zero attached hydrogens (tertiary/aromatic N) is 3. The summed E-state index contributed by atoms with van der Waals surface area (Å²) in [5.41, 5.74) is 2.02. The molecule has 1 atom stereocenters. The zero-order valence-corrected chi connectivity index (χ0v) is 15.7. The molecule has 1 aliphatic heterocycles. The highest BCUT2D eigenvalue weighted by Crippen LogP contribution is 2.54. The van der Waals surface area contributed by atoms with E-state index in [0.717, 1.165) is 24.0 Å². The maximum absolute atomic E-state index is 12.7. The molecular weight excluding hydrogens is 368 g/mol. The lowest BCUT2D eigenvalue weighted by molar-refractivity contribution is -0.118. The zero-order chi connectivity index (χ0) is 19.8. The molecule has 0 saturated heterocycles. The van der Waals surface area contributed by atoms with E-state index in [1.807, 2.05) is 42.5 Å². The molecule has 8 nitrogen and oxygen atoms in total. The Kier molecular flexibility index (Phi) is 4.12. The number of fused-ring (bicyclic) bond motifs is 2. The Morgan fingerprint density at radius 2 is 2.00 bits per heavy atom. The van der Waals surface area contributed by atoms with Crippen molar-refractivity contribution in [2.75, 3.05) is 5.32 Å². The number of benzene rings is 1. The van der Waals surface area contributed by atoms with E-state index in [1.54, 1.807) is 6.20 Å². The highest BCUT2D eigenvalue weighted by Gasteiger charge is 2.50. The van der Waals surface area contributed by atoms with Crippen molar-refractivity contribution in [2.24, 2.45) is 0 Å². The fraction of sp³-hybridized carbons (Fsp3) is 0.286. The minimum absolute atomic E-state index is 0.0356. The van der Waals surface area contributed by atoms with Crippen LogP contribution in [0.2, 0.25) is 0 Å². The predicted molar refractivity (Wildman–Crippen MR) is 105 cm³/mol. The van der Waals surface area contributed by atoms with Crippen molar-refractivity contribution in [2.45, 2.75) is 37.1 Å². The second-order valence-electron chi connectivity index (χ2n) is 7.67. The van der Waals surface area contributed by atoms with Gasteiger partial charge in [0.05, 0.1) is 0 Å². The van der Waals surface area contributed by atoms with Gasteiger partial charge in [0.2, 0.25) is 11.7 Å². The average molecular weight is 388 g/mol. The van der Waals surface area contributed by atoms with Gasteiger partial charge in [0.25, 0.3) is 5.91 Å². The number of carbonyl (C=O) groups excluding carboxylic acids is 2. The molecule has 1 aromatic carbocycles. The summed E-state index contributed by atoms with van der Waals surface area (Å²) in [5, 5.41) is 12.5. The molecule has 2 aliphatic rings. The van der Waals surface area contributed by atoms with E-state index < -0.39 is 11.9 Å². The van der Waals surface area contributed by atoms with E-state index in [9.17, 15) is 9.59 Å². The highest BCUT2D eigenvalue weighted by molar-refractivity contribution is 6.00. The molecule has 2 amide bonds. The second-order valence-corrected chi connectivity index (χ2v) is 7.67. The first kappa shape index (κ1) is 17.5. The van der Waals surface area contributed by atoms with Crippen LogP contribution in [-0.4, -0.2) is 38.0 Å². The summed E-state index contributed by atoms with van der Waals surface area (Å²) in [5.74, 6) is 0.503. The highest BCUT2D eigenvalue weighted by atomic mass is 16.2. The van der Waals surface area contributed by atoms with E-state index in [0.29, 0.717) is 24.5 Å². The Morgan fingerprint density at radius 1 is 1.17 bits per heavy atom. The fourth-order valence-corrected chi connectivity index (χ4v) is 3.96. The molecule has 1 aliphatic carbocycles. The lowest BCUT2D eigenvalue weighted by atomic mass is 9.90. The molecule has 1 fully saturated rings. The van der Waals surface area contributed by atoms with Crippen molar-refractivity contribution in [3.05, 3.63) is 71.4 Å². The van der Waals surface area contributed by atoms with Gasteiger partial charge in [0.15, 0.2) is 0 Å². The number of H-pyrrole nitrogens is 1. The molecule has 3 aromatic rings. The number of carbonyl (C=O) groups is 2. The molecule has 1 saturated carbocycles. The van der Waals surface area contributed by atoms with Gasteiger partial charge in [-0.3, -0.25) is 14.7 Å². The van der Waals surface area contributed by atoms with Crippen molar-refractivity contribution >= 4 is 17.6 Å². The van der Waals surface area contributed by atoms with Crippen molar-refractivity contribution in [3.63, 3.8) is 0 Å². The van der Waals surface area contributed by atoms with E-state index in [1.165, 1.54) is 0 Å². The van der Waals surface area contributed by atoms with E-state index >= 15 is 0 Å². The Labute approximate surface area is 167 Å². The Hall–Kier alpha value is -3.55. The number of hydrogen-bond acceptors (Lipinski definition) is 5. The number of pyridine rings is 1. The Balaban J connectivity index is 1.31. The van der Waals surface area contributed by atoms with Crippen LogP contribution >= 0.6 is 0 Å². The van der Waals surface area contributed by atoms with E-state index in [2.05, 4.69) is 30.8 Å². The van der Waals surface area contributed by atoms with Gasteiger partial charge >= 0.3 is 0 Å². The number of hydrogen-bond donors (Lipinski definition) is 3. The number of rotatable bonds is 4. The van der Waals surface area contributed by atoms with Gasteiger partial charge in [-0.2, -0.15) is 0 Å². The molecule has 2 aromatic heterocycles. The fourth-order valence-electron chi connectivity index (χ4n) is 3.96. The van der Waals surface area contributed by atoms with Crippen molar-refractivity contribution in [3.8, 4) is 0 Å². The molecule has 3 N–H and O–H groups in total. The summed E-state index contributed by atoms with van der Waals surface area (Å²) < 4.78 is 0. The molecule has 1 unspecified atom stereocenters. The first-order valence-electron chi connectivity index (χ1n) is 9.65. The predicted octanol–water partition coefficient (Wildman–Crippen LogP) is 1.96. The maximum Gasteiger partial charge on any atom is 0.291 e. The van der Waals surface area contributed by atoms with Gasteiger partial charge in [-0.15, -0.1) is 5.10 Å². The smallest absolute Gasteiger partial charge is 0.291 e. The first-order chi connectivity index (χ1) is 14.1. The molecule has 1 spiro atoms. The molecule has 0 radical (unpaired) electrons. The third-order valence-electron chi connectivity index (χ3n) is 5.64. The lowest BCUT2D eigenvalue weighted by Crippen LogP contribution is -2.44. The quantitative estimate of drug-likeness (QED) is 0.632. The summed E-state index contributed by atoms with van der Waals surface area (Å²) in [7, 11) is 0. The van der Waals surface area contributed by atoms with Gasteiger partial charge < -0.3 is 10.6 Å². The molecule has 0 bridgehead atoms. The topological polar surface area (TPSA) is 113 Å². The van der Waals surface area contributed by atoms with Crippen LogP contribution in [0.15, 0.2) is 48.7 Å². The van der Waals surface area contributed by atoms with Crippen LogP contribution in [0.1, 0.15) is 46.8 Å². The SMILES string of the molecule is O=C(NC1CC2(CC2)c2cccnc2NC1=O)c1n[nH]c(Cc2ccccc2)n1. The van der Waals surface area contributed by atoms with Crippen molar-refractivity contribution in [1.29, 1.82) is 0 Å². The van der Waals surface area contributed by atoms with Gasteiger partial charge in [0.1, 0.15) is 17.7 Å². The van der Waals surface area contributed by atoms with Gasteiger partial charge in [-0.1, -0.05) is 36.4 Å². The lowest BCUT2D eigenvalue weighted by Gasteiger charge is -2.18. The van der Waals surface area contributed by atoms with Crippen molar-refractivity contribution in [1.82, 2.24) is 25.5 Å². The zero-order valence-electron chi connectivity index (χ0n) is 15.7. The summed E-state index contributed by atoms with van der Waals surface area (Å²) in [6.45, 7) is 0. The molecule has 5 rings (SSSR count). The minimum Gasteiger partial charge on any atom is -0.337 e. The van der Waals surface area contributed by atoms with Gasteiger partial charge in [-0.25, -0.2) is 9.97 Å². The minimum atomic E-state index is -0.657. The molecule has 8 heteroatoms. The van der Waals surface area contributed by atoms with Crippen LogP contribution in [-0.2, 0) is 16.6 Å². The summed E-state index contributed by atoms with van der Waals surface area (Å²) in [6.07, 6.45) is 4.72. The Bertz CT molecular complexity index is 1070. The largest absolute Gasteiger partial charge is 0.337 e. The number of aromatic amines is 1. The van der Waals surface area contributed by atoms with Gasteiger partial charge in [-0.05, 0) is 30.9 Å². The van der Waals surface area contributed by atoms with E-state index in [-0.39, 0.29) is 17.1 Å². The standard InChI is InChI=1S/C21H20N6O2/c28-19-15(12-21(8-9-21)14-7-4-10-22-17(14)25-19)23-20(29)18-24-16(26-27-18)11-13-5-2-1-3-6-13/h1-7,10,15H,8-9,11-12H2,(H,23,29)(H,22,25,28)(H,24,26,27). The Morgan fingerprint density at radius 3 is 2.79 bits per heavy atom. The number of anilines is 1. The van der Waals surface area contributed by atoms with Crippen LogP contribution in [0.4, 0.5) is 5.82 Å². The second kappa shape index (κ2) is 6.80. The van der Waals surface area contributed by atoms with Crippen LogP contribution < -0.4 is 10.6 Å². The average Bonchev–Trinajstić information content (AvgIpc) is 3.39. The number of amides is 2. The molecule has 3 heterocycles. The van der Waals surface area contributed by atoms with Crippen LogP contribution in [0.5, 0.6) is 0 Å². The normalized spacial score (nSPS) is 19.2. The molecule has 146 valence electrons. The summed E-state index contributed by atoms with van der Waals surface area (Å²) in [6, 6.07) is 13.0. The third-order valence-corrected chi connectivity index (χ3v) is 5.64. The van der Waals surface area contributed by atoms with Crippen LogP contribution in [0.25, 0.3) is 0 Å².